The number of primary amides is 1. The second-order valence-corrected chi connectivity index (χ2v) is 6.41. The lowest BCUT2D eigenvalue weighted by Gasteiger charge is -1.89. The first-order valence-corrected chi connectivity index (χ1v) is 7.71. The zero-order valence-electron chi connectivity index (χ0n) is 11.0. The molecule has 2 aromatic heterocycles. The minimum absolute atomic E-state index is 0.211. The van der Waals surface area contributed by atoms with Crippen molar-refractivity contribution in [1.82, 2.24) is 4.98 Å². The molecule has 1 aromatic carbocycles. The highest BCUT2D eigenvalue weighted by Crippen LogP contribution is 2.36. The molecule has 2 heterocycles. The average Bonchev–Trinajstić information content (AvgIpc) is 2.98. The summed E-state index contributed by atoms with van der Waals surface area (Å²) in [5, 5.41) is 11.4. The molecule has 0 fully saturated rings. The monoisotopic (exact) mass is 317 g/mol. The largest absolute Gasteiger partial charge is 0.506 e. The molecule has 0 aliphatic rings. The van der Waals surface area contributed by atoms with E-state index in [1.54, 1.807) is 13.1 Å². The van der Waals surface area contributed by atoms with Crippen LogP contribution in [0.4, 0.5) is 5.13 Å². The molecule has 0 aliphatic heterocycles. The Morgan fingerprint density at radius 1 is 1.38 bits per heavy atom. The summed E-state index contributed by atoms with van der Waals surface area (Å²) < 4.78 is 0.990. The van der Waals surface area contributed by atoms with Crippen LogP contribution in [0.1, 0.15) is 20.2 Å². The number of nitrogens with zero attached hydrogens (tertiary/aromatic N) is 2. The molecule has 1 amide bonds. The van der Waals surface area contributed by atoms with Crippen LogP contribution in [-0.2, 0) is 0 Å². The number of fused-ring (bicyclic) bond motifs is 1. The van der Waals surface area contributed by atoms with Gasteiger partial charge in [-0.05, 0) is 19.1 Å². The van der Waals surface area contributed by atoms with Crippen LogP contribution in [0.2, 0.25) is 0 Å². The Morgan fingerprint density at radius 2 is 2.14 bits per heavy atom. The average molecular weight is 317 g/mol. The van der Waals surface area contributed by atoms with E-state index in [2.05, 4.69) is 9.98 Å². The SMILES string of the molecule is Cc1nc(N=Cc2sc3ccccc3c2O)sc1C(N)=O. The predicted octanol–water partition coefficient (Wildman–Crippen LogP) is 3.22. The third-order valence-electron chi connectivity index (χ3n) is 2.90. The molecule has 0 atom stereocenters. The van der Waals surface area contributed by atoms with Crippen LogP contribution < -0.4 is 5.73 Å². The minimum Gasteiger partial charge on any atom is -0.506 e. The van der Waals surface area contributed by atoms with Crippen molar-refractivity contribution in [3.63, 3.8) is 0 Å². The van der Waals surface area contributed by atoms with E-state index in [4.69, 9.17) is 5.73 Å². The molecule has 0 unspecified atom stereocenters. The molecular formula is C14H11N3O2S2. The summed E-state index contributed by atoms with van der Waals surface area (Å²) in [6.45, 7) is 1.71. The summed E-state index contributed by atoms with van der Waals surface area (Å²) >= 11 is 2.59. The second-order valence-electron chi connectivity index (χ2n) is 4.34. The van der Waals surface area contributed by atoms with Crippen LogP contribution in [0.15, 0.2) is 29.3 Å². The molecule has 106 valence electrons. The predicted molar refractivity (Wildman–Crippen MR) is 86.1 cm³/mol. The third kappa shape index (κ3) is 2.53. The quantitative estimate of drug-likeness (QED) is 0.727. The number of aromatic nitrogens is 1. The number of aliphatic imine (C=N–C) groups is 1. The first kappa shape index (κ1) is 13.7. The molecule has 3 rings (SSSR count). The first-order valence-electron chi connectivity index (χ1n) is 6.08. The van der Waals surface area contributed by atoms with Crippen molar-refractivity contribution in [3.8, 4) is 5.75 Å². The highest BCUT2D eigenvalue weighted by Gasteiger charge is 2.12. The number of carbonyl (C=O) groups is 1. The zero-order valence-corrected chi connectivity index (χ0v) is 12.7. The Morgan fingerprint density at radius 3 is 2.81 bits per heavy atom. The van der Waals surface area contributed by atoms with Crippen molar-refractivity contribution in [2.75, 3.05) is 0 Å². The Balaban J connectivity index is 1.96. The normalized spacial score (nSPS) is 11.5. The van der Waals surface area contributed by atoms with Gasteiger partial charge in [0.25, 0.3) is 5.91 Å². The van der Waals surface area contributed by atoms with Gasteiger partial charge in [0.2, 0.25) is 5.13 Å². The number of thiazole rings is 1. The molecule has 0 bridgehead atoms. The molecule has 0 radical (unpaired) electrons. The molecule has 7 heteroatoms. The molecule has 3 N–H and O–H groups in total. The Kier molecular flexibility index (Phi) is 3.44. The van der Waals surface area contributed by atoms with Gasteiger partial charge in [-0.2, -0.15) is 0 Å². The molecule has 21 heavy (non-hydrogen) atoms. The molecular weight excluding hydrogens is 306 g/mol. The smallest absolute Gasteiger partial charge is 0.260 e. The molecule has 0 aliphatic carbocycles. The number of nitrogens with two attached hydrogens (primary N) is 1. The minimum atomic E-state index is -0.504. The maximum atomic E-state index is 11.2. The van der Waals surface area contributed by atoms with Gasteiger partial charge in [0.1, 0.15) is 10.6 Å². The highest BCUT2D eigenvalue weighted by molar-refractivity contribution is 7.21. The number of hydrogen-bond donors (Lipinski definition) is 2. The van der Waals surface area contributed by atoms with Crippen molar-refractivity contribution in [3.05, 3.63) is 39.7 Å². The number of aromatic hydroxyl groups is 1. The number of aryl methyl sites for hydroxylation is 1. The van der Waals surface area contributed by atoms with Crippen LogP contribution in [0, 0.1) is 6.92 Å². The summed E-state index contributed by atoms with van der Waals surface area (Å²) in [5.41, 5.74) is 5.82. The van der Waals surface area contributed by atoms with Crippen LogP contribution in [0.3, 0.4) is 0 Å². The van der Waals surface area contributed by atoms with Gasteiger partial charge >= 0.3 is 0 Å². The second kappa shape index (κ2) is 5.27. The van der Waals surface area contributed by atoms with E-state index in [9.17, 15) is 9.90 Å². The van der Waals surface area contributed by atoms with Crippen LogP contribution in [0.25, 0.3) is 10.1 Å². The summed E-state index contributed by atoms with van der Waals surface area (Å²) in [6.07, 6.45) is 1.56. The standard InChI is InChI=1S/C14H11N3O2S2/c1-7-12(13(15)19)21-14(17-7)16-6-10-11(18)8-4-2-3-5-9(8)20-10/h2-6,18H,1H3,(H2,15,19). The van der Waals surface area contributed by atoms with Gasteiger partial charge < -0.3 is 10.8 Å². The summed E-state index contributed by atoms with van der Waals surface area (Å²) in [6, 6.07) is 7.59. The molecule has 5 nitrogen and oxygen atoms in total. The zero-order chi connectivity index (χ0) is 15.0. The lowest BCUT2D eigenvalue weighted by atomic mass is 10.2. The van der Waals surface area contributed by atoms with Crippen molar-refractivity contribution in [2.45, 2.75) is 6.92 Å². The van der Waals surface area contributed by atoms with Gasteiger partial charge in [-0.1, -0.05) is 23.5 Å². The molecule has 0 saturated heterocycles. The Labute approximate surface area is 128 Å². The molecule has 0 spiro atoms. The van der Waals surface area contributed by atoms with Crippen molar-refractivity contribution < 1.29 is 9.90 Å². The van der Waals surface area contributed by atoms with Gasteiger partial charge in [0.15, 0.2) is 0 Å². The maximum absolute atomic E-state index is 11.2. The molecule has 3 aromatic rings. The van der Waals surface area contributed by atoms with Gasteiger partial charge in [-0.3, -0.25) is 4.79 Å². The fourth-order valence-electron chi connectivity index (χ4n) is 1.92. The van der Waals surface area contributed by atoms with E-state index in [-0.39, 0.29) is 5.75 Å². The highest BCUT2D eigenvalue weighted by atomic mass is 32.1. The van der Waals surface area contributed by atoms with E-state index < -0.39 is 5.91 Å². The van der Waals surface area contributed by atoms with E-state index in [1.807, 2.05) is 24.3 Å². The number of rotatable bonds is 3. The van der Waals surface area contributed by atoms with Crippen LogP contribution in [-0.4, -0.2) is 22.2 Å². The number of amides is 1. The fraction of sp³-hybridized carbons (Fsp3) is 0.0714. The number of thiophene rings is 1. The third-order valence-corrected chi connectivity index (χ3v) is 5.07. The van der Waals surface area contributed by atoms with Gasteiger partial charge in [-0.15, -0.1) is 11.3 Å². The maximum Gasteiger partial charge on any atom is 0.260 e. The lowest BCUT2D eigenvalue weighted by Crippen LogP contribution is -2.09. The van der Waals surface area contributed by atoms with E-state index >= 15 is 0 Å². The van der Waals surface area contributed by atoms with Gasteiger partial charge in [0.05, 0.1) is 16.8 Å². The van der Waals surface area contributed by atoms with Crippen molar-refractivity contribution in [1.29, 1.82) is 0 Å². The summed E-state index contributed by atoms with van der Waals surface area (Å²) in [5.74, 6) is -0.293. The number of carbonyl (C=O) groups excluding carboxylic acids is 1. The summed E-state index contributed by atoms with van der Waals surface area (Å²) in [4.78, 5) is 20.6. The van der Waals surface area contributed by atoms with Gasteiger partial charge in [-0.25, -0.2) is 9.98 Å². The van der Waals surface area contributed by atoms with E-state index in [0.29, 0.717) is 20.6 Å². The Hall–Kier alpha value is -2.25. The van der Waals surface area contributed by atoms with Crippen molar-refractivity contribution in [2.24, 2.45) is 10.7 Å². The molecule has 0 saturated carbocycles. The van der Waals surface area contributed by atoms with E-state index in [0.717, 1.165) is 21.4 Å². The Bertz CT molecular complexity index is 864. The lowest BCUT2D eigenvalue weighted by molar-refractivity contribution is 0.100. The number of benzene rings is 1. The van der Waals surface area contributed by atoms with Crippen LogP contribution in [0.5, 0.6) is 5.75 Å². The number of hydrogen-bond acceptors (Lipinski definition) is 6. The topological polar surface area (TPSA) is 88.6 Å². The van der Waals surface area contributed by atoms with E-state index in [1.165, 1.54) is 11.3 Å². The van der Waals surface area contributed by atoms with Crippen LogP contribution >= 0.6 is 22.7 Å². The van der Waals surface area contributed by atoms with Crippen molar-refractivity contribution >= 4 is 50.0 Å². The summed E-state index contributed by atoms with van der Waals surface area (Å²) in [7, 11) is 0. The van der Waals surface area contributed by atoms with Gasteiger partial charge in [0, 0.05) is 10.1 Å². The fourth-order valence-corrected chi connectivity index (χ4v) is 3.65. The first-order chi connectivity index (χ1) is 10.1.